The number of para-hydroxylation sites is 1. The quantitative estimate of drug-likeness (QED) is 0.825. The van der Waals surface area contributed by atoms with Gasteiger partial charge in [0.05, 0.1) is 6.54 Å². The molecule has 0 fully saturated rings. The maximum Gasteiger partial charge on any atom is 0.342 e. The summed E-state index contributed by atoms with van der Waals surface area (Å²) in [6.45, 7) is 0.0309. The maximum absolute atomic E-state index is 11.6. The molecule has 0 saturated heterocycles. The Hall–Kier alpha value is -2.34. The molecule has 1 aromatic carbocycles. The Bertz CT molecular complexity index is 595. The van der Waals surface area contributed by atoms with Crippen LogP contribution in [0.5, 0.6) is 5.75 Å². The number of phenolic OH excluding ortho intramolecular Hbond substituents is 1. The third-order valence-corrected chi connectivity index (χ3v) is 3.37. The predicted molar refractivity (Wildman–Crippen MR) is 74.6 cm³/mol. The number of ether oxygens (including phenoxy) is 1. The molecule has 6 heteroatoms. The number of carbonyl (C=O) groups is 2. The Morgan fingerprint density at radius 1 is 1.20 bits per heavy atom. The van der Waals surface area contributed by atoms with Crippen LogP contribution in [-0.4, -0.2) is 23.6 Å². The van der Waals surface area contributed by atoms with Gasteiger partial charge >= 0.3 is 5.97 Å². The molecule has 0 spiro atoms. The summed E-state index contributed by atoms with van der Waals surface area (Å²) in [5.74, 6) is -1.28. The summed E-state index contributed by atoms with van der Waals surface area (Å²) in [7, 11) is 0. The lowest BCUT2D eigenvalue weighted by atomic mass is 10.2. The molecule has 20 heavy (non-hydrogen) atoms. The molecule has 2 N–H and O–H groups in total. The van der Waals surface area contributed by atoms with Crippen molar-refractivity contribution in [1.82, 2.24) is 5.32 Å². The number of nitrogens with one attached hydrogen (secondary N) is 1. The van der Waals surface area contributed by atoms with Crippen LogP contribution in [0.3, 0.4) is 0 Å². The Kier molecular flexibility index (Phi) is 4.73. The van der Waals surface area contributed by atoms with Gasteiger partial charge in [-0.2, -0.15) is 0 Å². The predicted octanol–water partition coefficient (Wildman–Crippen LogP) is 1.93. The lowest BCUT2D eigenvalue weighted by Crippen LogP contribution is -2.28. The van der Waals surface area contributed by atoms with E-state index < -0.39 is 5.97 Å². The molecule has 104 valence electrons. The van der Waals surface area contributed by atoms with Crippen LogP contribution in [0.25, 0.3) is 0 Å². The number of benzene rings is 1. The fraction of sp³-hybridized carbons (Fsp3) is 0.143. The summed E-state index contributed by atoms with van der Waals surface area (Å²) in [6.07, 6.45) is 0. The van der Waals surface area contributed by atoms with Crippen molar-refractivity contribution < 1.29 is 19.4 Å². The molecule has 2 aromatic rings. The van der Waals surface area contributed by atoms with Gasteiger partial charge in [0.15, 0.2) is 6.61 Å². The monoisotopic (exact) mass is 291 g/mol. The Morgan fingerprint density at radius 2 is 2.00 bits per heavy atom. The summed E-state index contributed by atoms with van der Waals surface area (Å²) in [6, 6.07) is 9.81. The average molecular weight is 291 g/mol. The smallest absolute Gasteiger partial charge is 0.342 e. The van der Waals surface area contributed by atoms with E-state index in [2.05, 4.69) is 5.32 Å². The van der Waals surface area contributed by atoms with Crippen LogP contribution in [0, 0.1) is 0 Å². The van der Waals surface area contributed by atoms with Crippen LogP contribution in [0.1, 0.15) is 15.2 Å². The molecule has 1 heterocycles. The van der Waals surface area contributed by atoms with E-state index in [1.165, 1.54) is 23.5 Å². The van der Waals surface area contributed by atoms with Gasteiger partial charge in [0.25, 0.3) is 5.91 Å². The van der Waals surface area contributed by atoms with E-state index in [0.29, 0.717) is 6.54 Å². The highest BCUT2D eigenvalue weighted by Gasteiger charge is 2.13. The van der Waals surface area contributed by atoms with Crippen LogP contribution in [0.4, 0.5) is 0 Å². The first-order valence-corrected chi connectivity index (χ1v) is 6.79. The maximum atomic E-state index is 11.6. The number of aromatic hydroxyl groups is 1. The SMILES string of the molecule is O=C(COC(=O)c1ccccc1O)NCc1cccs1. The topological polar surface area (TPSA) is 75.6 Å². The van der Waals surface area contributed by atoms with Gasteiger partial charge in [-0.15, -0.1) is 11.3 Å². The molecule has 1 aromatic heterocycles. The Morgan fingerprint density at radius 3 is 2.70 bits per heavy atom. The van der Waals surface area contributed by atoms with Crippen molar-refractivity contribution >= 4 is 23.2 Å². The fourth-order valence-corrected chi connectivity index (χ4v) is 2.15. The van der Waals surface area contributed by atoms with Crippen LogP contribution in [0.15, 0.2) is 41.8 Å². The second kappa shape index (κ2) is 6.72. The summed E-state index contributed by atoms with van der Waals surface area (Å²) in [5.41, 5.74) is 0.0403. The van der Waals surface area contributed by atoms with Gasteiger partial charge in [0, 0.05) is 4.88 Å². The van der Waals surface area contributed by atoms with Gasteiger partial charge in [-0.05, 0) is 23.6 Å². The summed E-state index contributed by atoms with van der Waals surface area (Å²) >= 11 is 1.53. The largest absolute Gasteiger partial charge is 0.507 e. The summed E-state index contributed by atoms with van der Waals surface area (Å²) < 4.78 is 4.83. The normalized spacial score (nSPS) is 10.0. The highest BCUT2D eigenvalue weighted by molar-refractivity contribution is 7.09. The molecule has 0 radical (unpaired) electrons. The number of rotatable bonds is 5. The van der Waals surface area contributed by atoms with Gasteiger partial charge in [-0.3, -0.25) is 4.79 Å². The van der Waals surface area contributed by atoms with Gasteiger partial charge < -0.3 is 15.2 Å². The number of amides is 1. The van der Waals surface area contributed by atoms with E-state index >= 15 is 0 Å². The Labute approximate surface area is 119 Å². The van der Waals surface area contributed by atoms with Crippen molar-refractivity contribution in [3.05, 3.63) is 52.2 Å². The Balaban J connectivity index is 1.78. The zero-order chi connectivity index (χ0) is 14.4. The minimum absolute atomic E-state index is 0.0403. The number of esters is 1. The molecule has 0 unspecified atom stereocenters. The number of hydrogen-bond donors (Lipinski definition) is 2. The molecular formula is C14H13NO4S. The third kappa shape index (κ3) is 3.83. The third-order valence-electron chi connectivity index (χ3n) is 2.50. The van der Waals surface area contributed by atoms with Crippen LogP contribution >= 0.6 is 11.3 Å². The average Bonchev–Trinajstić information content (AvgIpc) is 2.96. The molecule has 0 aliphatic carbocycles. The first-order chi connectivity index (χ1) is 9.66. The van der Waals surface area contributed by atoms with E-state index in [4.69, 9.17) is 4.74 Å². The van der Waals surface area contributed by atoms with Gasteiger partial charge in [-0.25, -0.2) is 4.79 Å². The second-order valence-electron chi connectivity index (χ2n) is 3.95. The van der Waals surface area contributed by atoms with Crippen molar-refractivity contribution in [1.29, 1.82) is 0 Å². The zero-order valence-electron chi connectivity index (χ0n) is 10.5. The van der Waals surface area contributed by atoms with Crippen molar-refractivity contribution in [2.75, 3.05) is 6.61 Å². The molecule has 2 rings (SSSR count). The van der Waals surface area contributed by atoms with Gasteiger partial charge in [0.2, 0.25) is 0 Å². The minimum Gasteiger partial charge on any atom is -0.507 e. The van der Waals surface area contributed by atoms with E-state index in [1.807, 2.05) is 17.5 Å². The number of thiophene rings is 1. The second-order valence-corrected chi connectivity index (χ2v) is 4.98. The molecule has 0 atom stereocenters. The molecule has 0 saturated carbocycles. The van der Waals surface area contributed by atoms with E-state index in [0.717, 1.165) is 4.88 Å². The summed E-state index contributed by atoms with van der Waals surface area (Å²) in [5, 5.41) is 14.0. The first kappa shape index (κ1) is 14.1. The van der Waals surface area contributed by atoms with Gasteiger partial charge in [-0.1, -0.05) is 18.2 Å². The number of phenols is 1. The molecule has 0 aliphatic heterocycles. The van der Waals surface area contributed by atoms with Crippen LogP contribution in [0.2, 0.25) is 0 Å². The van der Waals surface area contributed by atoms with E-state index in [-0.39, 0.29) is 23.8 Å². The molecule has 0 aliphatic rings. The molecule has 1 amide bonds. The zero-order valence-corrected chi connectivity index (χ0v) is 11.4. The number of hydrogen-bond acceptors (Lipinski definition) is 5. The van der Waals surface area contributed by atoms with Crippen molar-refractivity contribution in [2.45, 2.75) is 6.54 Å². The van der Waals surface area contributed by atoms with E-state index in [1.54, 1.807) is 12.1 Å². The summed E-state index contributed by atoms with van der Waals surface area (Å²) in [4.78, 5) is 24.2. The minimum atomic E-state index is -0.727. The highest BCUT2D eigenvalue weighted by atomic mass is 32.1. The van der Waals surface area contributed by atoms with Crippen LogP contribution in [-0.2, 0) is 16.1 Å². The molecular weight excluding hydrogens is 278 g/mol. The van der Waals surface area contributed by atoms with Crippen molar-refractivity contribution in [3.8, 4) is 5.75 Å². The highest BCUT2D eigenvalue weighted by Crippen LogP contribution is 2.16. The van der Waals surface area contributed by atoms with Gasteiger partial charge in [0.1, 0.15) is 11.3 Å². The lowest BCUT2D eigenvalue weighted by Gasteiger charge is -2.06. The lowest BCUT2D eigenvalue weighted by molar-refractivity contribution is -0.124. The van der Waals surface area contributed by atoms with E-state index in [9.17, 15) is 14.7 Å². The fourth-order valence-electron chi connectivity index (χ4n) is 1.50. The van der Waals surface area contributed by atoms with Crippen LogP contribution < -0.4 is 5.32 Å². The number of carbonyl (C=O) groups excluding carboxylic acids is 2. The van der Waals surface area contributed by atoms with Crippen molar-refractivity contribution in [2.24, 2.45) is 0 Å². The molecule has 0 bridgehead atoms. The first-order valence-electron chi connectivity index (χ1n) is 5.91. The standard InChI is InChI=1S/C14H13NO4S/c16-12-6-2-1-5-11(12)14(18)19-9-13(17)15-8-10-4-3-7-20-10/h1-7,16H,8-9H2,(H,15,17). The van der Waals surface area contributed by atoms with Crippen molar-refractivity contribution in [3.63, 3.8) is 0 Å². The molecule has 5 nitrogen and oxygen atoms in total.